The normalized spacial score (nSPS) is 17.4. The number of benzene rings is 1. The van der Waals surface area contributed by atoms with Crippen LogP contribution in [0.2, 0.25) is 0 Å². The molecule has 0 atom stereocenters. The van der Waals surface area contributed by atoms with Gasteiger partial charge in [0, 0.05) is 8.95 Å². The van der Waals surface area contributed by atoms with Gasteiger partial charge in [0.05, 0.1) is 10.9 Å². The number of rotatable bonds is 3. The van der Waals surface area contributed by atoms with Crippen molar-refractivity contribution in [2.24, 2.45) is 0 Å². The Bertz CT molecular complexity index is 546. The molecule has 0 bridgehead atoms. The van der Waals surface area contributed by atoms with Crippen LogP contribution in [0.1, 0.15) is 18.4 Å². The van der Waals surface area contributed by atoms with Crippen LogP contribution >= 0.6 is 31.9 Å². The van der Waals surface area contributed by atoms with Crippen LogP contribution in [-0.2, 0) is 10.0 Å². The first-order valence-corrected chi connectivity index (χ1v) is 9.21. The van der Waals surface area contributed by atoms with Crippen LogP contribution in [0.5, 0.6) is 0 Å². The largest absolute Gasteiger partial charge is 0.317 e. The van der Waals surface area contributed by atoms with E-state index in [4.69, 9.17) is 0 Å². The molecule has 1 aliphatic rings. The summed E-state index contributed by atoms with van der Waals surface area (Å²) in [5.74, 6) is 0. The summed E-state index contributed by atoms with van der Waals surface area (Å²) in [6.45, 7) is 3.46. The lowest BCUT2D eigenvalue weighted by atomic mass is 10.2. The van der Waals surface area contributed by atoms with Gasteiger partial charge in [-0.15, -0.1) is 0 Å². The SMILES string of the molecule is Cc1cc(Br)c(NS(=O)(=O)C2CCNCC2)c(Br)c1. The fourth-order valence-corrected chi connectivity index (χ4v) is 5.53. The Labute approximate surface area is 130 Å². The summed E-state index contributed by atoms with van der Waals surface area (Å²) < 4.78 is 28.9. The van der Waals surface area contributed by atoms with Crippen LogP contribution < -0.4 is 10.0 Å². The molecule has 1 aromatic rings. The Balaban J connectivity index is 2.25. The van der Waals surface area contributed by atoms with E-state index in [9.17, 15) is 8.42 Å². The van der Waals surface area contributed by atoms with Gasteiger partial charge in [-0.05, 0) is 82.4 Å². The fourth-order valence-electron chi connectivity index (χ4n) is 2.13. The maximum Gasteiger partial charge on any atom is 0.235 e. The minimum Gasteiger partial charge on any atom is -0.317 e. The molecular weight excluding hydrogens is 396 g/mol. The molecule has 0 aliphatic carbocycles. The number of nitrogens with one attached hydrogen (secondary N) is 2. The lowest BCUT2D eigenvalue weighted by Gasteiger charge is -2.24. The van der Waals surface area contributed by atoms with E-state index in [0.717, 1.165) is 27.6 Å². The van der Waals surface area contributed by atoms with Gasteiger partial charge in [-0.1, -0.05) is 0 Å². The number of anilines is 1. The first-order chi connectivity index (χ1) is 8.90. The second kappa shape index (κ2) is 6.11. The van der Waals surface area contributed by atoms with Gasteiger partial charge < -0.3 is 5.32 Å². The molecule has 106 valence electrons. The lowest BCUT2D eigenvalue weighted by molar-refractivity contribution is 0.499. The molecule has 0 spiro atoms. The van der Waals surface area contributed by atoms with Crippen LogP contribution in [0, 0.1) is 6.92 Å². The van der Waals surface area contributed by atoms with Crippen molar-refractivity contribution in [3.05, 3.63) is 26.6 Å². The first-order valence-electron chi connectivity index (χ1n) is 6.08. The molecule has 1 fully saturated rings. The summed E-state index contributed by atoms with van der Waals surface area (Å²) in [7, 11) is -3.34. The van der Waals surface area contributed by atoms with E-state index in [-0.39, 0.29) is 5.25 Å². The summed E-state index contributed by atoms with van der Waals surface area (Å²) in [4.78, 5) is 0. The minimum absolute atomic E-state index is 0.325. The maximum atomic E-state index is 12.4. The lowest BCUT2D eigenvalue weighted by Crippen LogP contribution is -2.38. The molecule has 0 saturated carbocycles. The van der Waals surface area contributed by atoms with Crippen molar-refractivity contribution in [1.29, 1.82) is 0 Å². The minimum atomic E-state index is -3.34. The van der Waals surface area contributed by atoms with Crippen molar-refractivity contribution in [2.45, 2.75) is 25.0 Å². The molecule has 2 rings (SSSR count). The Morgan fingerprint density at radius 1 is 1.21 bits per heavy atom. The number of halogens is 2. The van der Waals surface area contributed by atoms with E-state index >= 15 is 0 Å². The summed E-state index contributed by atoms with van der Waals surface area (Å²) in [6, 6.07) is 3.79. The van der Waals surface area contributed by atoms with Gasteiger partial charge in [0.1, 0.15) is 0 Å². The third-order valence-corrected chi connectivity index (χ3v) is 6.24. The van der Waals surface area contributed by atoms with Gasteiger partial charge in [0.25, 0.3) is 0 Å². The zero-order valence-corrected chi connectivity index (χ0v) is 14.5. The van der Waals surface area contributed by atoms with Crippen LogP contribution in [-0.4, -0.2) is 26.8 Å². The molecule has 1 aliphatic heterocycles. The summed E-state index contributed by atoms with van der Waals surface area (Å²) in [6.07, 6.45) is 1.30. The van der Waals surface area contributed by atoms with Gasteiger partial charge in [0.15, 0.2) is 0 Å². The van der Waals surface area contributed by atoms with Crippen LogP contribution in [0.4, 0.5) is 5.69 Å². The summed E-state index contributed by atoms with van der Waals surface area (Å²) in [5, 5.41) is 2.85. The summed E-state index contributed by atoms with van der Waals surface area (Å²) >= 11 is 6.81. The second-order valence-electron chi connectivity index (χ2n) is 4.70. The molecule has 19 heavy (non-hydrogen) atoms. The topological polar surface area (TPSA) is 58.2 Å². The van der Waals surface area contributed by atoms with Gasteiger partial charge in [0.2, 0.25) is 10.0 Å². The molecule has 1 aromatic carbocycles. The monoisotopic (exact) mass is 410 g/mol. The third kappa shape index (κ3) is 3.71. The van der Waals surface area contributed by atoms with Gasteiger partial charge in [-0.3, -0.25) is 4.72 Å². The number of aryl methyl sites for hydroxylation is 1. The van der Waals surface area contributed by atoms with Gasteiger partial charge in [-0.2, -0.15) is 0 Å². The number of hydrogen-bond acceptors (Lipinski definition) is 3. The molecule has 4 nitrogen and oxygen atoms in total. The van der Waals surface area contributed by atoms with Crippen molar-refractivity contribution in [3.63, 3.8) is 0 Å². The number of hydrogen-bond donors (Lipinski definition) is 2. The van der Waals surface area contributed by atoms with Crippen LogP contribution in [0.3, 0.4) is 0 Å². The first kappa shape index (κ1) is 15.3. The average Bonchev–Trinajstić information content (AvgIpc) is 2.35. The Hall–Kier alpha value is -0.110. The fraction of sp³-hybridized carbons (Fsp3) is 0.500. The second-order valence-corrected chi connectivity index (χ2v) is 8.37. The molecule has 7 heteroatoms. The standard InChI is InChI=1S/C12H16Br2N2O2S/c1-8-6-10(13)12(11(14)7-8)16-19(17,18)9-2-4-15-5-3-9/h6-7,9,15-16H,2-5H2,1H3. The highest BCUT2D eigenvalue weighted by molar-refractivity contribution is 9.11. The van der Waals surface area contributed by atoms with Crippen molar-refractivity contribution < 1.29 is 8.42 Å². The highest BCUT2D eigenvalue weighted by Crippen LogP contribution is 2.34. The average molecular weight is 412 g/mol. The van der Waals surface area contributed by atoms with E-state index in [1.807, 2.05) is 19.1 Å². The van der Waals surface area contributed by atoms with E-state index in [1.165, 1.54) is 0 Å². The smallest absolute Gasteiger partial charge is 0.235 e. The van der Waals surface area contributed by atoms with Crippen molar-refractivity contribution in [1.82, 2.24) is 5.32 Å². The van der Waals surface area contributed by atoms with E-state index < -0.39 is 10.0 Å². The van der Waals surface area contributed by atoms with E-state index in [2.05, 4.69) is 41.9 Å². The molecule has 0 amide bonds. The molecule has 2 N–H and O–H groups in total. The Morgan fingerprint density at radius 2 is 1.74 bits per heavy atom. The van der Waals surface area contributed by atoms with E-state index in [1.54, 1.807) is 0 Å². The predicted octanol–water partition coefficient (Wildman–Crippen LogP) is 3.01. The van der Waals surface area contributed by atoms with Gasteiger partial charge >= 0.3 is 0 Å². The van der Waals surface area contributed by atoms with Crippen LogP contribution in [0.25, 0.3) is 0 Å². The molecule has 1 saturated heterocycles. The van der Waals surface area contributed by atoms with Crippen LogP contribution in [0.15, 0.2) is 21.1 Å². The maximum absolute atomic E-state index is 12.4. The van der Waals surface area contributed by atoms with Crippen molar-refractivity contribution in [2.75, 3.05) is 17.8 Å². The zero-order chi connectivity index (χ0) is 14.0. The van der Waals surface area contributed by atoms with Crippen molar-refractivity contribution in [3.8, 4) is 0 Å². The molecule has 1 heterocycles. The quantitative estimate of drug-likeness (QED) is 0.803. The van der Waals surface area contributed by atoms with Crippen molar-refractivity contribution >= 4 is 47.6 Å². The third-order valence-electron chi connectivity index (χ3n) is 3.16. The number of sulfonamides is 1. The van der Waals surface area contributed by atoms with Gasteiger partial charge in [-0.25, -0.2) is 8.42 Å². The zero-order valence-electron chi connectivity index (χ0n) is 10.5. The Kier molecular flexibility index (Phi) is 4.92. The summed E-state index contributed by atoms with van der Waals surface area (Å²) in [5.41, 5.74) is 1.63. The highest BCUT2D eigenvalue weighted by Gasteiger charge is 2.28. The van der Waals surface area contributed by atoms with E-state index in [0.29, 0.717) is 18.5 Å². The molecule has 0 unspecified atom stereocenters. The highest BCUT2D eigenvalue weighted by atomic mass is 79.9. The molecule has 0 radical (unpaired) electrons. The predicted molar refractivity (Wildman–Crippen MR) is 85.0 cm³/mol. The molecular formula is C12H16Br2N2O2S. The molecule has 0 aromatic heterocycles. The Morgan fingerprint density at radius 3 is 2.26 bits per heavy atom. The number of piperidine rings is 1.